The first-order valence-corrected chi connectivity index (χ1v) is 6.16. The molecule has 1 aromatic carbocycles. The molecule has 0 bridgehead atoms. The normalized spacial score (nSPS) is 9.89. The summed E-state index contributed by atoms with van der Waals surface area (Å²) in [5.74, 6) is -0.100. The van der Waals surface area contributed by atoms with Gasteiger partial charge < -0.3 is 10.6 Å². The lowest BCUT2D eigenvalue weighted by atomic mass is 10.1. The summed E-state index contributed by atoms with van der Waals surface area (Å²) < 4.78 is 0. The van der Waals surface area contributed by atoms with E-state index in [2.05, 4.69) is 16.7 Å². The Morgan fingerprint density at radius 1 is 1.39 bits per heavy atom. The van der Waals surface area contributed by atoms with Crippen LogP contribution >= 0.6 is 0 Å². The van der Waals surface area contributed by atoms with Crippen LogP contribution in [0.2, 0.25) is 0 Å². The number of rotatable bonds is 6. The maximum atomic E-state index is 12.0. The molecule has 4 nitrogen and oxygen atoms in total. The van der Waals surface area contributed by atoms with E-state index in [1.807, 2.05) is 32.0 Å². The molecule has 1 aromatic rings. The van der Waals surface area contributed by atoms with Crippen molar-refractivity contribution >= 4 is 11.6 Å². The molecule has 0 saturated carbocycles. The quantitative estimate of drug-likeness (QED) is 0.757. The summed E-state index contributed by atoms with van der Waals surface area (Å²) in [6.07, 6.45) is 1.15. The minimum atomic E-state index is -0.100. The van der Waals surface area contributed by atoms with E-state index >= 15 is 0 Å². The van der Waals surface area contributed by atoms with Crippen LogP contribution in [0.3, 0.4) is 0 Å². The van der Waals surface area contributed by atoms with Gasteiger partial charge in [0.15, 0.2) is 0 Å². The van der Waals surface area contributed by atoms with Gasteiger partial charge >= 0.3 is 0 Å². The Labute approximate surface area is 108 Å². The number of anilines is 1. The molecule has 0 saturated heterocycles. The first-order chi connectivity index (χ1) is 8.65. The summed E-state index contributed by atoms with van der Waals surface area (Å²) in [6.45, 7) is 4.59. The minimum Gasteiger partial charge on any atom is -0.382 e. The Bertz CT molecular complexity index is 435. The van der Waals surface area contributed by atoms with Gasteiger partial charge in [-0.1, -0.05) is 12.1 Å². The van der Waals surface area contributed by atoms with E-state index in [1.165, 1.54) is 0 Å². The molecule has 0 radical (unpaired) electrons. The van der Waals surface area contributed by atoms with Crippen LogP contribution in [0.15, 0.2) is 24.3 Å². The number of carbonyl (C=O) groups is 1. The summed E-state index contributed by atoms with van der Waals surface area (Å²) >= 11 is 0. The Kier molecular flexibility index (Phi) is 5.72. The summed E-state index contributed by atoms with van der Waals surface area (Å²) in [7, 11) is 0. The summed E-state index contributed by atoms with van der Waals surface area (Å²) in [5.41, 5.74) is 1.48. The second kappa shape index (κ2) is 7.33. The molecule has 2 N–H and O–H groups in total. The van der Waals surface area contributed by atoms with Gasteiger partial charge in [0.05, 0.1) is 11.6 Å². The molecule has 96 valence electrons. The van der Waals surface area contributed by atoms with Crippen LogP contribution in [0.5, 0.6) is 0 Å². The lowest BCUT2D eigenvalue weighted by molar-refractivity contribution is 0.0954. The van der Waals surface area contributed by atoms with Crippen LogP contribution in [-0.2, 0) is 0 Å². The minimum absolute atomic E-state index is 0.100. The van der Waals surface area contributed by atoms with Gasteiger partial charge in [0.2, 0.25) is 0 Å². The second-order valence-corrected chi connectivity index (χ2v) is 4.36. The van der Waals surface area contributed by atoms with Gasteiger partial charge in [-0.15, -0.1) is 0 Å². The molecule has 0 unspecified atom stereocenters. The van der Waals surface area contributed by atoms with Gasteiger partial charge in [0.1, 0.15) is 0 Å². The van der Waals surface area contributed by atoms with Crippen molar-refractivity contribution in [3.8, 4) is 6.07 Å². The number of amides is 1. The van der Waals surface area contributed by atoms with E-state index in [9.17, 15) is 4.79 Å². The van der Waals surface area contributed by atoms with Crippen molar-refractivity contribution in [3.63, 3.8) is 0 Å². The first kappa shape index (κ1) is 14.0. The number of nitrogens with zero attached hydrogens (tertiary/aromatic N) is 1. The van der Waals surface area contributed by atoms with E-state index < -0.39 is 0 Å². The number of hydrogen-bond acceptors (Lipinski definition) is 3. The van der Waals surface area contributed by atoms with E-state index in [1.54, 1.807) is 6.07 Å². The number of unbranched alkanes of at least 4 members (excludes halogenated alkanes) is 1. The molecule has 18 heavy (non-hydrogen) atoms. The summed E-state index contributed by atoms with van der Waals surface area (Å²) in [6, 6.07) is 9.76. The lowest BCUT2D eigenvalue weighted by Gasteiger charge is -2.14. The average Bonchev–Trinajstić information content (AvgIpc) is 2.34. The molecule has 4 heteroatoms. The van der Waals surface area contributed by atoms with Gasteiger partial charge in [-0.25, -0.2) is 0 Å². The van der Waals surface area contributed by atoms with Crippen molar-refractivity contribution in [1.29, 1.82) is 5.26 Å². The fourth-order valence-electron chi connectivity index (χ4n) is 1.58. The van der Waals surface area contributed by atoms with Crippen molar-refractivity contribution in [1.82, 2.24) is 5.32 Å². The zero-order valence-corrected chi connectivity index (χ0v) is 10.9. The molecule has 0 aliphatic heterocycles. The largest absolute Gasteiger partial charge is 0.382 e. The van der Waals surface area contributed by atoms with E-state index in [4.69, 9.17) is 5.26 Å². The highest BCUT2D eigenvalue weighted by atomic mass is 16.1. The Balaban J connectivity index is 2.64. The number of carbonyl (C=O) groups excluding carboxylic acids is 1. The predicted octanol–water partition coefficient (Wildman–Crippen LogP) is 2.54. The molecular formula is C14H19N3O. The maximum absolute atomic E-state index is 12.0. The zero-order chi connectivity index (χ0) is 13.4. The molecule has 0 atom stereocenters. The average molecular weight is 245 g/mol. The highest BCUT2D eigenvalue weighted by Crippen LogP contribution is 2.15. The summed E-state index contributed by atoms with van der Waals surface area (Å²) in [5, 5.41) is 14.5. The topological polar surface area (TPSA) is 64.9 Å². The molecule has 1 rings (SSSR count). The van der Waals surface area contributed by atoms with Gasteiger partial charge in [-0.05, 0) is 32.4 Å². The lowest BCUT2D eigenvalue weighted by Crippen LogP contribution is -2.26. The fourth-order valence-corrected chi connectivity index (χ4v) is 1.58. The Hall–Kier alpha value is -2.02. The molecule has 1 amide bonds. The number of benzene rings is 1. The van der Waals surface area contributed by atoms with E-state index in [0.717, 1.165) is 5.69 Å². The van der Waals surface area contributed by atoms with Crippen molar-refractivity contribution in [2.75, 3.05) is 11.9 Å². The number of nitriles is 1. The maximum Gasteiger partial charge on any atom is 0.253 e. The third-order valence-electron chi connectivity index (χ3n) is 2.37. The monoisotopic (exact) mass is 245 g/mol. The molecule has 0 aliphatic rings. The standard InChI is InChI=1S/C14H19N3O/c1-11(2)17-13-8-4-3-7-12(13)14(18)16-10-6-5-9-15/h3-4,7-8,11,17H,5-6,10H2,1-2H3,(H,16,18). The Morgan fingerprint density at radius 3 is 2.78 bits per heavy atom. The van der Waals surface area contributed by atoms with E-state index in [-0.39, 0.29) is 11.9 Å². The predicted molar refractivity (Wildman–Crippen MR) is 72.4 cm³/mol. The molecule has 0 fully saturated rings. The third-order valence-corrected chi connectivity index (χ3v) is 2.37. The first-order valence-electron chi connectivity index (χ1n) is 6.16. The van der Waals surface area contributed by atoms with Crippen LogP contribution in [0.1, 0.15) is 37.0 Å². The Morgan fingerprint density at radius 2 is 2.11 bits per heavy atom. The number of hydrogen-bond donors (Lipinski definition) is 2. The molecule has 0 aromatic heterocycles. The van der Waals surface area contributed by atoms with Crippen molar-refractivity contribution in [3.05, 3.63) is 29.8 Å². The van der Waals surface area contributed by atoms with Crippen molar-refractivity contribution in [2.45, 2.75) is 32.7 Å². The van der Waals surface area contributed by atoms with Gasteiger partial charge in [0, 0.05) is 24.7 Å². The highest BCUT2D eigenvalue weighted by molar-refractivity contribution is 5.99. The number of para-hydroxylation sites is 1. The number of nitrogens with one attached hydrogen (secondary N) is 2. The van der Waals surface area contributed by atoms with Crippen LogP contribution in [0.4, 0.5) is 5.69 Å². The van der Waals surface area contributed by atoms with Crippen LogP contribution < -0.4 is 10.6 Å². The molecular weight excluding hydrogens is 226 g/mol. The van der Waals surface area contributed by atoms with Crippen LogP contribution in [-0.4, -0.2) is 18.5 Å². The summed E-state index contributed by atoms with van der Waals surface area (Å²) in [4.78, 5) is 12.0. The molecule has 0 aliphatic carbocycles. The second-order valence-electron chi connectivity index (χ2n) is 4.36. The van der Waals surface area contributed by atoms with Crippen LogP contribution in [0, 0.1) is 11.3 Å². The van der Waals surface area contributed by atoms with E-state index in [0.29, 0.717) is 24.9 Å². The fraction of sp³-hybridized carbons (Fsp3) is 0.429. The zero-order valence-electron chi connectivity index (χ0n) is 10.9. The SMILES string of the molecule is CC(C)Nc1ccccc1C(=O)NCCCC#N. The smallest absolute Gasteiger partial charge is 0.253 e. The van der Waals surface area contributed by atoms with Gasteiger partial charge in [0.25, 0.3) is 5.91 Å². The van der Waals surface area contributed by atoms with Crippen LogP contribution in [0.25, 0.3) is 0 Å². The van der Waals surface area contributed by atoms with Gasteiger partial charge in [-0.2, -0.15) is 5.26 Å². The molecule has 0 spiro atoms. The highest BCUT2D eigenvalue weighted by Gasteiger charge is 2.10. The van der Waals surface area contributed by atoms with Crippen molar-refractivity contribution in [2.24, 2.45) is 0 Å². The third kappa shape index (κ3) is 4.46. The van der Waals surface area contributed by atoms with Crippen molar-refractivity contribution < 1.29 is 4.79 Å². The molecule has 0 heterocycles. The van der Waals surface area contributed by atoms with Gasteiger partial charge in [-0.3, -0.25) is 4.79 Å².